The van der Waals surface area contributed by atoms with Crippen molar-refractivity contribution in [2.24, 2.45) is 0 Å². The van der Waals surface area contributed by atoms with Crippen LogP contribution in [0.15, 0.2) is 43.0 Å². The zero-order valence-electron chi connectivity index (χ0n) is 9.02. The molecule has 2 N–H and O–H groups in total. The van der Waals surface area contributed by atoms with Crippen LogP contribution >= 0.6 is 0 Å². The highest BCUT2D eigenvalue weighted by molar-refractivity contribution is 5.14. The van der Waals surface area contributed by atoms with Crippen LogP contribution < -0.4 is 5.32 Å². The van der Waals surface area contributed by atoms with Gasteiger partial charge in [0, 0.05) is 13.1 Å². The second kappa shape index (κ2) is 7.21. The summed E-state index contributed by atoms with van der Waals surface area (Å²) in [5.41, 5.74) is 1.24. The van der Waals surface area contributed by atoms with Gasteiger partial charge in [0.05, 0.1) is 6.10 Å². The van der Waals surface area contributed by atoms with Gasteiger partial charge in [0.15, 0.2) is 0 Å². The first-order chi connectivity index (χ1) is 7.33. The van der Waals surface area contributed by atoms with Crippen molar-refractivity contribution >= 4 is 0 Å². The van der Waals surface area contributed by atoms with E-state index in [4.69, 9.17) is 0 Å². The summed E-state index contributed by atoms with van der Waals surface area (Å²) in [5, 5.41) is 12.8. The van der Waals surface area contributed by atoms with Gasteiger partial charge in [-0.1, -0.05) is 36.4 Å². The van der Waals surface area contributed by atoms with E-state index < -0.39 is 0 Å². The van der Waals surface area contributed by atoms with E-state index >= 15 is 0 Å². The minimum Gasteiger partial charge on any atom is -0.392 e. The lowest BCUT2D eigenvalue weighted by atomic mass is 10.2. The Hall–Kier alpha value is -1.12. The third-order valence-electron chi connectivity index (χ3n) is 2.26. The Balaban J connectivity index is 2.13. The summed E-state index contributed by atoms with van der Waals surface area (Å²) in [6.45, 7) is 5.08. The Bertz CT molecular complexity index is 271. The van der Waals surface area contributed by atoms with Gasteiger partial charge in [0.1, 0.15) is 0 Å². The topological polar surface area (TPSA) is 32.3 Å². The lowest BCUT2D eigenvalue weighted by molar-refractivity contribution is 0.162. The highest BCUT2D eigenvalue weighted by atomic mass is 16.3. The smallest absolute Gasteiger partial charge is 0.0667 e. The van der Waals surface area contributed by atoms with Gasteiger partial charge >= 0.3 is 0 Å². The van der Waals surface area contributed by atoms with Gasteiger partial charge in [-0.2, -0.15) is 0 Å². The monoisotopic (exact) mass is 205 g/mol. The third-order valence-corrected chi connectivity index (χ3v) is 2.26. The summed E-state index contributed by atoms with van der Waals surface area (Å²) >= 11 is 0. The van der Waals surface area contributed by atoms with E-state index in [2.05, 4.69) is 24.0 Å². The number of aliphatic hydroxyl groups is 1. The molecule has 2 heteroatoms. The van der Waals surface area contributed by atoms with Crippen LogP contribution in [-0.2, 0) is 6.54 Å². The van der Waals surface area contributed by atoms with Gasteiger partial charge < -0.3 is 10.4 Å². The predicted molar refractivity (Wildman–Crippen MR) is 63.6 cm³/mol. The molecule has 1 atom stereocenters. The van der Waals surface area contributed by atoms with Crippen molar-refractivity contribution in [3.05, 3.63) is 48.6 Å². The maximum absolute atomic E-state index is 9.55. The highest BCUT2D eigenvalue weighted by Crippen LogP contribution is 1.99. The Morgan fingerprint density at radius 2 is 2.07 bits per heavy atom. The van der Waals surface area contributed by atoms with Crippen molar-refractivity contribution in [2.45, 2.75) is 25.5 Å². The van der Waals surface area contributed by atoms with Crippen molar-refractivity contribution in [3.8, 4) is 0 Å². The number of aliphatic hydroxyl groups excluding tert-OH is 1. The average Bonchev–Trinajstić information content (AvgIpc) is 2.28. The minimum atomic E-state index is -0.272. The number of hydrogen-bond donors (Lipinski definition) is 2. The molecule has 0 unspecified atom stereocenters. The molecule has 1 rings (SSSR count). The van der Waals surface area contributed by atoms with E-state index in [0.29, 0.717) is 6.54 Å². The normalized spacial score (nSPS) is 12.3. The fraction of sp³-hybridized carbons (Fsp3) is 0.385. The quantitative estimate of drug-likeness (QED) is 0.668. The molecular weight excluding hydrogens is 186 g/mol. The summed E-state index contributed by atoms with van der Waals surface area (Å²) in [6.07, 6.45) is 3.21. The molecule has 0 saturated carbocycles. The molecular formula is C13H19NO. The van der Waals surface area contributed by atoms with E-state index in [1.807, 2.05) is 24.3 Å². The summed E-state index contributed by atoms with van der Waals surface area (Å²) in [5.74, 6) is 0. The van der Waals surface area contributed by atoms with Crippen molar-refractivity contribution in [3.63, 3.8) is 0 Å². The molecule has 0 aliphatic rings. The molecule has 0 aliphatic carbocycles. The second-order valence-corrected chi connectivity index (χ2v) is 3.64. The number of benzene rings is 1. The molecule has 0 bridgehead atoms. The molecule has 0 fully saturated rings. The van der Waals surface area contributed by atoms with Crippen LogP contribution in [0.1, 0.15) is 18.4 Å². The van der Waals surface area contributed by atoms with Gasteiger partial charge in [0.2, 0.25) is 0 Å². The largest absolute Gasteiger partial charge is 0.392 e. The van der Waals surface area contributed by atoms with E-state index in [1.165, 1.54) is 5.56 Å². The van der Waals surface area contributed by atoms with Crippen molar-refractivity contribution < 1.29 is 5.11 Å². The van der Waals surface area contributed by atoms with Crippen LogP contribution in [0, 0.1) is 0 Å². The van der Waals surface area contributed by atoms with E-state index in [-0.39, 0.29) is 6.10 Å². The summed E-state index contributed by atoms with van der Waals surface area (Å²) in [6, 6.07) is 10.2. The maximum atomic E-state index is 9.55. The molecule has 0 saturated heterocycles. The summed E-state index contributed by atoms with van der Waals surface area (Å²) < 4.78 is 0. The second-order valence-electron chi connectivity index (χ2n) is 3.64. The molecule has 15 heavy (non-hydrogen) atoms. The lowest BCUT2D eigenvalue weighted by Crippen LogP contribution is -2.26. The first-order valence-electron chi connectivity index (χ1n) is 5.36. The van der Waals surface area contributed by atoms with Gasteiger partial charge in [-0.25, -0.2) is 0 Å². The van der Waals surface area contributed by atoms with Crippen molar-refractivity contribution in [1.82, 2.24) is 5.32 Å². The van der Waals surface area contributed by atoms with Crippen LogP contribution in [0.5, 0.6) is 0 Å². The number of allylic oxidation sites excluding steroid dienone is 1. The zero-order valence-corrected chi connectivity index (χ0v) is 9.02. The lowest BCUT2D eigenvalue weighted by Gasteiger charge is -2.10. The predicted octanol–water partition coefficient (Wildman–Crippen LogP) is 2.10. The molecule has 0 spiro atoms. The van der Waals surface area contributed by atoms with Crippen molar-refractivity contribution in [2.75, 3.05) is 6.54 Å². The SMILES string of the molecule is C=CCC[C@@H](O)CNCc1ccccc1. The Kier molecular flexibility index (Phi) is 5.74. The molecule has 0 radical (unpaired) electrons. The third kappa shape index (κ3) is 5.35. The molecule has 1 aromatic carbocycles. The Labute approximate surface area is 91.6 Å². The molecule has 1 aromatic rings. The molecule has 0 aliphatic heterocycles. The molecule has 0 heterocycles. The Morgan fingerprint density at radius 1 is 1.33 bits per heavy atom. The van der Waals surface area contributed by atoms with Crippen molar-refractivity contribution in [1.29, 1.82) is 0 Å². The van der Waals surface area contributed by atoms with Gasteiger partial charge in [-0.15, -0.1) is 6.58 Å². The zero-order chi connectivity index (χ0) is 10.9. The number of hydrogen-bond acceptors (Lipinski definition) is 2. The Morgan fingerprint density at radius 3 is 2.73 bits per heavy atom. The summed E-state index contributed by atoms with van der Waals surface area (Å²) in [4.78, 5) is 0. The fourth-order valence-corrected chi connectivity index (χ4v) is 1.39. The van der Waals surface area contributed by atoms with Gasteiger partial charge in [0.25, 0.3) is 0 Å². The van der Waals surface area contributed by atoms with Gasteiger partial charge in [-0.05, 0) is 18.4 Å². The van der Waals surface area contributed by atoms with Crippen LogP contribution in [0.3, 0.4) is 0 Å². The first-order valence-corrected chi connectivity index (χ1v) is 5.36. The average molecular weight is 205 g/mol. The molecule has 0 amide bonds. The summed E-state index contributed by atoms with van der Waals surface area (Å²) in [7, 11) is 0. The number of nitrogens with one attached hydrogen (secondary N) is 1. The maximum Gasteiger partial charge on any atom is 0.0667 e. The first kappa shape index (κ1) is 12.0. The van der Waals surface area contributed by atoms with E-state index in [9.17, 15) is 5.11 Å². The van der Waals surface area contributed by atoms with Gasteiger partial charge in [-0.3, -0.25) is 0 Å². The van der Waals surface area contributed by atoms with E-state index in [0.717, 1.165) is 19.4 Å². The highest BCUT2D eigenvalue weighted by Gasteiger charge is 2.01. The van der Waals surface area contributed by atoms with E-state index in [1.54, 1.807) is 0 Å². The van der Waals surface area contributed by atoms with Crippen LogP contribution in [-0.4, -0.2) is 17.8 Å². The molecule has 2 nitrogen and oxygen atoms in total. The number of rotatable bonds is 7. The molecule has 82 valence electrons. The van der Waals surface area contributed by atoms with Crippen LogP contribution in [0.25, 0.3) is 0 Å². The minimum absolute atomic E-state index is 0.272. The molecule has 0 aromatic heterocycles. The fourth-order valence-electron chi connectivity index (χ4n) is 1.39. The standard InChI is InChI=1S/C13H19NO/c1-2-3-9-13(15)11-14-10-12-7-5-4-6-8-12/h2,4-8,13-15H,1,3,9-11H2/t13-/m1/s1. The van der Waals surface area contributed by atoms with Crippen LogP contribution in [0.2, 0.25) is 0 Å². The van der Waals surface area contributed by atoms with Crippen LogP contribution in [0.4, 0.5) is 0 Å².